The zero-order valence-electron chi connectivity index (χ0n) is 17.3. The second-order valence-corrected chi connectivity index (χ2v) is 8.18. The Bertz CT molecular complexity index is 851. The Morgan fingerprint density at radius 3 is 2.48 bits per heavy atom. The average molecular weight is 402 g/mol. The molecule has 156 valence electrons. The minimum atomic E-state index is -1.14. The Kier molecular flexibility index (Phi) is 5.28. The highest BCUT2D eigenvalue weighted by Gasteiger charge is 2.65. The molecular weight excluding hydrogens is 376 g/mol. The van der Waals surface area contributed by atoms with E-state index in [4.69, 9.17) is 14.2 Å². The van der Waals surface area contributed by atoms with E-state index in [0.29, 0.717) is 5.57 Å². The van der Waals surface area contributed by atoms with Crippen LogP contribution < -0.4 is 0 Å². The predicted octanol–water partition coefficient (Wildman–Crippen LogP) is 2.31. The number of carbonyl (C=O) groups excluding carboxylic acids is 4. The number of ketones is 1. The SMILES string of the molecule is C=C1C(=O)O[C@@H]2[C@@H](C)[C@@H]3C=CC(=O)[C@@]3(C)[C@@H](OC(=O)/C(C)=C\C)[C@H]1[C@H]2OC(C)=O. The molecule has 7 nitrogen and oxygen atoms in total. The second kappa shape index (κ2) is 7.28. The summed E-state index contributed by atoms with van der Waals surface area (Å²) in [6.07, 6.45) is 2.12. The van der Waals surface area contributed by atoms with Crippen molar-refractivity contribution >= 4 is 23.7 Å². The molecule has 1 saturated heterocycles. The van der Waals surface area contributed by atoms with Crippen molar-refractivity contribution in [1.29, 1.82) is 0 Å². The van der Waals surface area contributed by atoms with E-state index in [1.54, 1.807) is 32.9 Å². The molecule has 1 aliphatic heterocycles. The van der Waals surface area contributed by atoms with Crippen molar-refractivity contribution in [1.82, 2.24) is 0 Å². The highest BCUT2D eigenvalue weighted by Crippen LogP contribution is 2.55. The fourth-order valence-corrected chi connectivity index (χ4v) is 4.78. The Labute approximate surface area is 169 Å². The molecule has 2 aliphatic carbocycles. The Hall–Kier alpha value is -2.70. The standard InChI is InChI=1S/C22H26O7/c1-7-10(2)20(25)29-19-16-12(4)21(26)28-17(18(16)27-13(5)23)11(3)14-8-9-15(24)22(14,19)6/h7-9,11,14,16-19H,4H2,1-3,5-6H3/b10-7-/t11-,14-,16+,17+,18+,19-,22-/m0/s1. The van der Waals surface area contributed by atoms with Crippen molar-refractivity contribution < 1.29 is 33.4 Å². The number of fused-ring (bicyclic) bond motifs is 3. The minimum absolute atomic E-state index is 0.0252. The number of esters is 3. The van der Waals surface area contributed by atoms with Crippen LogP contribution in [0.2, 0.25) is 0 Å². The first kappa shape index (κ1) is 21.0. The van der Waals surface area contributed by atoms with Crippen LogP contribution in [0.5, 0.6) is 0 Å². The summed E-state index contributed by atoms with van der Waals surface area (Å²) in [5.41, 5.74) is -0.750. The van der Waals surface area contributed by atoms with E-state index in [1.807, 2.05) is 6.92 Å². The molecule has 0 radical (unpaired) electrons. The third kappa shape index (κ3) is 3.12. The van der Waals surface area contributed by atoms with Crippen molar-refractivity contribution in [2.75, 3.05) is 0 Å². The maximum absolute atomic E-state index is 13.0. The molecule has 0 aromatic rings. The van der Waals surface area contributed by atoms with Gasteiger partial charge in [0.05, 0.1) is 11.3 Å². The normalized spacial score (nSPS) is 38.8. The van der Waals surface area contributed by atoms with Crippen LogP contribution in [0.4, 0.5) is 0 Å². The van der Waals surface area contributed by atoms with E-state index < -0.39 is 47.6 Å². The second-order valence-electron chi connectivity index (χ2n) is 8.18. The number of hydrogen-bond acceptors (Lipinski definition) is 7. The molecule has 3 aliphatic rings. The smallest absolute Gasteiger partial charge is 0.334 e. The Morgan fingerprint density at radius 2 is 1.90 bits per heavy atom. The van der Waals surface area contributed by atoms with Crippen molar-refractivity contribution in [2.24, 2.45) is 23.2 Å². The predicted molar refractivity (Wildman–Crippen MR) is 102 cm³/mol. The molecule has 1 saturated carbocycles. The summed E-state index contributed by atoms with van der Waals surface area (Å²) >= 11 is 0. The zero-order valence-corrected chi connectivity index (χ0v) is 17.3. The van der Waals surface area contributed by atoms with Crippen molar-refractivity contribution in [3.63, 3.8) is 0 Å². The van der Waals surface area contributed by atoms with Gasteiger partial charge in [0.25, 0.3) is 0 Å². The lowest BCUT2D eigenvalue weighted by atomic mass is 9.67. The van der Waals surface area contributed by atoms with E-state index in [9.17, 15) is 19.2 Å². The van der Waals surface area contributed by atoms with E-state index in [2.05, 4.69) is 6.58 Å². The van der Waals surface area contributed by atoms with E-state index >= 15 is 0 Å². The van der Waals surface area contributed by atoms with E-state index in [0.717, 1.165) is 0 Å². The maximum Gasteiger partial charge on any atom is 0.334 e. The summed E-state index contributed by atoms with van der Waals surface area (Å²) in [4.78, 5) is 50.1. The van der Waals surface area contributed by atoms with Crippen LogP contribution in [0.15, 0.2) is 36.0 Å². The third-order valence-corrected chi connectivity index (χ3v) is 6.56. The topological polar surface area (TPSA) is 96.0 Å². The molecule has 2 fully saturated rings. The van der Waals surface area contributed by atoms with Crippen molar-refractivity contribution in [3.8, 4) is 0 Å². The monoisotopic (exact) mass is 402 g/mol. The highest BCUT2D eigenvalue weighted by atomic mass is 16.6. The average Bonchev–Trinajstić information content (AvgIpc) is 2.94. The van der Waals surface area contributed by atoms with Gasteiger partial charge in [0.2, 0.25) is 0 Å². The summed E-state index contributed by atoms with van der Waals surface area (Å²) < 4.78 is 17.0. The molecule has 0 N–H and O–H groups in total. The number of rotatable bonds is 3. The molecule has 7 heteroatoms. The maximum atomic E-state index is 13.0. The summed E-state index contributed by atoms with van der Waals surface area (Å²) in [6.45, 7) is 12.0. The van der Waals surface area contributed by atoms with Crippen LogP contribution in [-0.4, -0.2) is 42.0 Å². The lowest BCUT2D eigenvalue weighted by Gasteiger charge is -2.42. The first-order valence-electron chi connectivity index (χ1n) is 9.67. The number of allylic oxidation sites excluding steroid dienone is 3. The summed E-state index contributed by atoms with van der Waals surface area (Å²) in [7, 11) is 0. The van der Waals surface area contributed by atoms with E-state index in [-0.39, 0.29) is 23.2 Å². The van der Waals surface area contributed by atoms with E-state index in [1.165, 1.54) is 13.0 Å². The van der Waals surface area contributed by atoms with Gasteiger partial charge >= 0.3 is 17.9 Å². The summed E-state index contributed by atoms with van der Waals surface area (Å²) in [5.74, 6) is -3.62. The molecule has 0 unspecified atom stereocenters. The quantitative estimate of drug-likeness (QED) is 0.406. The molecule has 7 atom stereocenters. The fourth-order valence-electron chi connectivity index (χ4n) is 4.78. The van der Waals surface area contributed by atoms with Gasteiger partial charge < -0.3 is 14.2 Å². The van der Waals surface area contributed by atoms with Gasteiger partial charge in [-0.05, 0) is 32.8 Å². The molecular formula is C22H26O7. The molecule has 0 aromatic carbocycles. The summed E-state index contributed by atoms with van der Waals surface area (Å²) in [5, 5.41) is 0. The van der Waals surface area contributed by atoms with Gasteiger partial charge in [0.15, 0.2) is 5.78 Å². The van der Waals surface area contributed by atoms with Crippen molar-refractivity contribution in [3.05, 3.63) is 36.0 Å². The van der Waals surface area contributed by atoms with Gasteiger partial charge in [-0.15, -0.1) is 0 Å². The lowest BCUT2D eigenvalue weighted by Crippen LogP contribution is -2.54. The van der Waals surface area contributed by atoms with Crippen LogP contribution in [0.25, 0.3) is 0 Å². The van der Waals surface area contributed by atoms with Crippen LogP contribution in [0, 0.1) is 23.2 Å². The minimum Gasteiger partial charge on any atom is -0.458 e. The zero-order chi connectivity index (χ0) is 21.7. The number of ether oxygens (including phenoxy) is 3. The molecule has 0 spiro atoms. The van der Waals surface area contributed by atoms with Crippen LogP contribution in [0.1, 0.15) is 34.6 Å². The van der Waals surface area contributed by atoms with Gasteiger partial charge in [0, 0.05) is 24.0 Å². The molecule has 0 aromatic heterocycles. The molecule has 2 bridgehead atoms. The summed E-state index contributed by atoms with van der Waals surface area (Å²) in [6, 6.07) is 0. The first-order valence-corrected chi connectivity index (χ1v) is 9.67. The molecule has 3 rings (SSSR count). The van der Waals surface area contributed by atoms with Crippen LogP contribution >= 0.6 is 0 Å². The van der Waals surface area contributed by atoms with Crippen LogP contribution in [0.3, 0.4) is 0 Å². The van der Waals surface area contributed by atoms with Gasteiger partial charge in [-0.3, -0.25) is 9.59 Å². The van der Waals surface area contributed by atoms with Gasteiger partial charge in [-0.1, -0.05) is 25.7 Å². The number of carbonyl (C=O) groups is 4. The van der Waals surface area contributed by atoms with Gasteiger partial charge in [0.1, 0.15) is 18.3 Å². The highest BCUT2D eigenvalue weighted by molar-refractivity contribution is 5.99. The van der Waals surface area contributed by atoms with Gasteiger partial charge in [-0.25, -0.2) is 9.59 Å². The molecule has 0 amide bonds. The van der Waals surface area contributed by atoms with Crippen LogP contribution in [-0.2, 0) is 33.4 Å². The Balaban J connectivity index is 2.20. The number of hydrogen-bond donors (Lipinski definition) is 0. The Morgan fingerprint density at radius 1 is 1.24 bits per heavy atom. The molecule has 1 heterocycles. The third-order valence-electron chi connectivity index (χ3n) is 6.56. The van der Waals surface area contributed by atoms with Crippen molar-refractivity contribution in [2.45, 2.75) is 52.9 Å². The first-order chi connectivity index (χ1) is 13.5. The largest absolute Gasteiger partial charge is 0.458 e. The lowest BCUT2D eigenvalue weighted by molar-refractivity contribution is -0.187. The van der Waals surface area contributed by atoms with Gasteiger partial charge in [-0.2, -0.15) is 0 Å². The fraction of sp³-hybridized carbons (Fsp3) is 0.545. The molecule has 29 heavy (non-hydrogen) atoms.